The van der Waals surface area contributed by atoms with Crippen LogP contribution in [0.25, 0.3) is 0 Å². The van der Waals surface area contributed by atoms with Crippen molar-refractivity contribution in [2.45, 2.75) is 25.7 Å². The third-order valence-corrected chi connectivity index (χ3v) is 4.82. The minimum atomic E-state index is -0.000903. The van der Waals surface area contributed by atoms with Gasteiger partial charge in [0.2, 0.25) is 0 Å². The average Bonchev–Trinajstić information content (AvgIpc) is 2.54. The minimum Gasteiger partial charge on any atom is -0.289 e. The van der Waals surface area contributed by atoms with E-state index < -0.39 is 0 Å². The van der Waals surface area contributed by atoms with Crippen molar-refractivity contribution in [2.75, 3.05) is 0 Å². The molecule has 0 radical (unpaired) electrons. The fourth-order valence-corrected chi connectivity index (χ4v) is 2.87. The average molecular weight is 312 g/mol. The second kappa shape index (κ2) is 7.41. The predicted molar refractivity (Wildman–Crippen MR) is 91.2 cm³/mol. The molecule has 0 aliphatic rings. The molecule has 0 spiro atoms. The molecule has 2 rings (SSSR count). The summed E-state index contributed by atoms with van der Waals surface area (Å²) < 4.78 is 0. The lowest BCUT2D eigenvalue weighted by Gasteiger charge is -2.13. The molecule has 0 fully saturated rings. The van der Waals surface area contributed by atoms with Gasteiger partial charge in [0.15, 0.2) is 10.9 Å². The zero-order valence-electron chi connectivity index (χ0n) is 13.1. The normalized spacial score (nSPS) is 12.2. The maximum absolute atomic E-state index is 12.3. The van der Waals surface area contributed by atoms with E-state index in [4.69, 9.17) is 0 Å². The molecule has 0 aliphatic heterocycles. The summed E-state index contributed by atoms with van der Waals surface area (Å²) in [6.45, 7) is 6.04. The zero-order valence-corrected chi connectivity index (χ0v) is 13.9. The molecule has 1 unspecified atom stereocenters. The highest BCUT2D eigenvalue weighted by Gasteiger charge is 2.18. The molecule has 0 N–H and O–H groups in total. The van der Waals surface area contributed by atoms with Crippen LogP contribution in [-0.4, -0.2) is 10.9 Å². The molecule has 22 heavy (non-hydrogen) atoms. The molecule has 1 atom stereocenters. The number of carbonyl (C=O) groups is 2. The summed E-state index contributed by atoms with van der Waals surface area (Å²) in [7, 11) is 0. The molecular weight excluding hydrogens is 292 g/mol. The monoisotopic (exact) mass is 312 g/mol. The molecule has 0 heterocycles. The topological polar surface area (TPSA) is 34.1 Å². The first-order chi connectivity index (χ1) is 10.5. The van der Waals surface area contributed by atoms with Crippen molar-refractivity contribution in [3.63, 3.8) is 0 Å². The Morgan fingerprint density at radius 3 is 1.91 bits per heavy atom. The number of hydrogen-bond acceptors (Lipinski definition) is 3. The second-order valence-corrected chi connectivity index (χ2v) is 6.75. The largest absolute Gasteiger partial charge is 0.289 e. The van der Waals surface area contributed by atoms with Gasteiger partial charge in [-0.2, -0.15) is 0 Å². The summed E-state index contributed by atoms with van der Waals surface area (Å²) in [4.78, 5) is 25.3. The Hall–Kier alpha value is -1.87. The summed E-state index contributed by atoms with van der Waals surface area (Å²) in [6.07, 6.45) is 0. The molecule has 2 aromatic carbocycles. The molecule has 114 valence electrons. The summed E-state index contributed by atoms with van der Waals surface area (Å²) in [5.74, 6) is 0.355. The van der Waals surface area contributed by atoms with Crippen molar-refractivity contribution in [2.24, 2.45) is 11.8 Å². The second-order valence-electron chi connectivity index (χ2n) is 5.67. The van der Waals surface area contributed by atoms with Crippen LogP contribution < -0.4 is 0 Å². The predicted octanol–water partition coefficient (Wildman–Crippen LogP) is 4.83. The quantitative estimate of drug-likeness (QED) is 0.586. The summed E-state index contributed by atoms with van der Waals surface area (Å²) in [5.41, 5.74) is 1.31. The molecule has 2 aromatic rings. The molecular formula is C19H20O2S. The van der Waals surface area contributed by atoms with Gasteiger partial charge in [0, 0.05) is 21.9 Å². The van der Waals surface area contributed by atoms with Crippen LogP contribution in [0.4, 0.5) is 0 Å². The highest BCUT2D eigenvalue weighted by atomic mass is 32.2. The zero-order chi connectivity index (χ0) is 16.1. The van der Waals surface area contributed by atoms with E-state index in [2.05, 4.69) is 0 Å². The lowest BCUT2D eigenvalue weighted by atomic mass is 10.0. The van der Waals surface area contributed by atoms with Crippen molar-refractivity contribution in [3.8, 4) is 0 Å². The Morgan fingerprint density at radius 2 is 1.36 bits per heavy atom. The first-order valence-electron chi connectivity index (χ1n) is 7.40. The first kappa shape index (κ1) is 16.5. The lowest BCUT2D eigenvalue weighted by Crippen LogP contribution is -2.13. The number of carbonyl (C=O) groups excluding carboxylic acids is 2. The van der Waals surface area contributed by atoms with Gasteiger partial charge in [-0.1, -0.05) is 62.9 Å². The van der Waals surface area contributed by atoms with Crippen LogP contribution in [0.3, 0.4) is 0 Å². The Morgan fingerprint density at radius 1 is 0.818 bits per heavy atom. The third-order valence-electron chi connectivity index (χ3n) is 3.74. The van der Waals surface area contributed by atoms with E-state index in [1.54, 1.807) is 24.3 Å². The molecule has 0 aliphatic carbocycles. The first-order valence-corrected chi connectivity index (χ1v) is 8.22. The van der Waals surface area contributed by atoms with Gasteiger partial charge < -0.3 is 0 Å². The number of rotatable bonds is 5. The van der Waals surface area contributed by atoms with Gasteiger partial charge in [0.25, 0.3) is 0 Å². The van der Waals surface area contributed by atoms with E-state index in [1.807, 2.05) is 51.1 Å². The number of ketones is 1. The van der Waals surface area contributed by atoms with E-state index in [1.165, 1.54) is 11.8 Å². The summed E-state index contributed by atoms with van der Waals surface area (Å²) in [6, 6.07) is 16.4. The number of hydrogen-bond donors (Lipinski definition) is 0. The smallest absolute Gasteiger partial charge is 0.196 e. The summed E-state index contributed by atoms with van der Waals surface area (Å²) >= 11 is 1.25. The highest BCUT2D eigenvalue weighted by Crippen LogP contribution is 2.26. The van der Waals surface area contributed by atoms with Crippen molar-refractivity contribution < 1.29 is 9.59 Å². The Kier molecular flexibility index (Phi) is 5.56. The van der Waals surface area contributed by atoms with E-state index in [0.717, 1.165) is 4.90 Å². The van der Waals surface area contributed by atoms with Crippen LogP contribution in [0.15, 0.2) is 59.5 Å². The minimum absolute atomic E-state index is 0.000903. The summed E-state index contributed by atoms with van der Waals surface area (Å²) in [5, 5.41) is 0.164. The molecule has 0 bridgehead atoms. The van der Waals surface area contributed by atoms with Crippen LogP contribution in [0.5, 0.6) is 0 Å². The molecule has 0 saturated carbocycles. The van der Waals surface area contributed by atoms with Gasteiger partial charge in [0.1, 0.15) is 0 Å². The van der Waals surface area contributed by atoms with Crippen molar-refractivity contribution in [1.82, 2.24) is 0 Å². The van der Waals surface area contributed by atoms with Crippen LogP contribution in [0, 0.1) is 11.8 Å². The fraction of sp³-hybridized carbons (Fsp3) is 0.263. The Bertz CT molecular complexity index is 645. The van der Waals surface area contributed by atoms with Crippen LogP contribution >= 0.6 is 11.8 Å². The SMILES string of the molecule is CC(C)C(C)C(=O)Sc1ccc(C(=O)c2ccccc2)cc1. The van der Waals surface area contributed by atoms with Crippen molar-refractivity contribution >= 4 is 22.7 Å². The van der Waals surface area contributed by atoms with Gasteiger partial charge in [-0.05, 0) is 30.2 Å². The van der Waals surface area contributed by atoms with Crippen LogP contribution in [0.1, 0.15) is 36.7 Å². The molecule has 0 amide bonds. The van der Waals surface area contributed by atoms with E-state index in [0.29, 0.717) is 17.0 Å². The molecule has 3 heteroatoms. The Labute approximate surface area is 135 Å². The van der Waals surface area contributed by atoms with Gasteiger partial charge in [-0.15, -0.1) is 0 Å². The maximum atomic E-state index is 12.3. The van der Waals surface area contributed by atoms with E-state index in [-0.39, 0.29) is 16.8 Å². The third kappa shape index (κ3) is 4.08. The van der Waals surface area contributed by atoms with Crippen molar-refractivity contribution in [1.29, 1.82) is 0 Å². The van der Waals surface area contributed by atoms with Crippen molar-refractivity contribution in [3.05, 3.63) is 65.7 Å². The van der Waals surface area contributed by atoms with Crippen LogP contribution in [0.2, 0.25) is 0 Å². The standard InChI is InChI=1S/C19H20O2S/c1-13(2)14(3)19(21)22-17-11-9-16(10-12-17)18(20)15-7-5-4-6-8-15/h4-14H,1-3H3. The Balaban J connectivity index is 2.08. The maximum Gasteiger partial charge on any atom is 0.196 e. The van der Waals surface area contributed by atoms with Gasteiger partial charge in [-0.3, -0.25) is 9.59 Å². The molecule has 0 aromatic heterocycles. The van der Waals surface area contributed by atoms with E-state index >= 15 is 0 Å². The van der Waals surface area contributed by atoms with Crippen LogP contribution in [-0.2, 0) is 4.79 Å². The number of benzene rings is 2. The number of thioether (sulfide) groups is 1. The van der Waals surface area contributed by atoms with Gasteiger partial charge in [-0.25, -0.2) is 0 Å². The van der Waals surface area contributed by atoms with Gasteiger partial charge in [0.05, 0.1) is 0 Å². The lowest BCUT2D eigenvalue weighted by molar-refractivity contribution is -0.114. The molecule has 2 nitrogen and oxygen atoms in total. The van der Waals surface area contributed by atoms with E-state index in [9.17, 15) is 9.59 Å². The highest BCUT2D eigenvalue weighted by molar-refractivity contribution is 8.13. The fourth-order valence-electron chi connectivity index (χ4n) is 1.91. The molecule has 0 saturated heterocycles. The van der Waals surface area contributed by atoms with Gasteiger partial charge >= 0.3 is 0 Å².